The van der Waals surface area contributed by atoms with Crippen molar-refractivity contribution in [2.24, 2.45) is 16.8 Å². The highest BCUT2D eigenvalue weighted by Gasteiger charge is 2.09. The van der Waals surface area contributed by atoms with Crippen LogP contribution in [0, 0.1) is 12.8 Å². The molecule has 0 heterocycles. The number of hydrogen-bond donors (Lipinski definition) is 3. The normalized spacial score (nSPS) is 15.0. The fraction of sp³-hybridized carbons (Fsp3) is 0.500. The van der Waals surface area contributed by atoms with Gasteiger partial charge in [0.05, 0.1) is 0 Å². The predicted octanol–water partition coefficient (Wildman–Crippen LogP) is 1.73. The largest absolute Gasteiger partial charge is 0.492 e. The van der Waals surface area contributed by atoms with Gasteiger partial charge < -0.3 is 21.0 Å². The molecule has 0 aliphatic carbocycles. The first kappa shape index (κ1) is 15.3. The first-order valence-corrected chi connectivity index (χ1v) is 6.43. The van der Waals surface area contributed by atoms with Crippen molar-refractivity contribution in [2.45, 2.75) is 26.8 Å². The number of aryl methyl sites for hydroxylation is 1. The topological polar surface area (TPSA) is 79.9 Å². The standard InChI is InChI=1S/C14H23N3O2/c1-10-4-6-13(7-5-10)19-9-12(3)16-8-11(2)14(15)17-18/h4-7,11-12,16,18H,8-9H2,1-3H3,(H2,15,17). The summed E-state index contributed by atoms with van der Waals surface area (Å²) in [6.07, 6.45) is 0. The van der Waals surface area contributed by atoms with E-state index >= 15 is 0 Å². The van der Waals surface area contributed by atoms with E-state index in [-0.39, 0.29) is 17.8 Å². The third kappa shape index (κ3) is 5.61. The SMILES string of the molecule is Cc1ccc(OCC(C)NCC(C)C(N)=NO)cc1. The summed E-state index contributed by atoms with van der Waals surface area (Å²) in [4.78, 5) is 0. The molecule has 5 nitrogen and oxygen atoms in total. The molecule has 106 valence electrons. The first-order chi connectivity index (χ1) is 9.02. The number of amidine groups is 1. The Kier molecular flexibility index (Phi) is 6.15. The van der Waals surface area contributed by atoms with Crippen molar-refractivity contribution in [2.75, 3.05) is 13.2 Å². The van der Waals surface area contributed by atoms with Gasteiger partial charge in [-0.1, -0.05) is 29.8 Å². The van der Waals surface area contributed by atoms with E-state index in [0.717, 1.165) is 5.75 Å². The van der Waals surface area contributed by atoms with Gasteiger partial charge in [0, 0.05) is 18.5 Å². The zero-order valence-corrected chi connectivity index (χ0v) is 11.8. The maximum absolute atomic E-state index is 8.56. The molecule has 0 amide bonds. The first-order valence-electron chi connectivity index (χ1n) is 6.43. The van der Waals surface area contributed by atoms with Crippen molar-refractivity contribution < 1.29 is 9.94 Å². The Bertz CT molecular complexity index is 404. The number of benzene rings is 1. The molecule has 0 saturated heterocycles. The van der Waals surface area contributed by atoms with Crippen LogP contribution >= 0.6 is 0 Å². The van der Waals surface area contributed by atoms with Crippen LogP contribution in [-0.4, -0.2) is 30.2 Å². The lowest BCUT2D eigenvalue weighted by Crippen LogP contribution is -2.38. The summed E-state index contributed by atoms with van der Waals surface area (Å²) in [6.45, 7) is 7.20. The van der Waals surface area contributed by atoms with Gasteiger partial charge in [0.15, 0.2) is 0 Å². The molecule has 0 saturated carbocycles. The number of hydrogen-bond acceptors (Lipinski definition) is 4. The molecule has 1 rings (SSSR count). The number of nitrogens with one attached hydrogen (secondary N) is 1. The Hall–Kier alpha value is -1.75. The Labute approximate surface area is 114 Å². The van der Waals surface area contributed by atoms with Crippen molar-refractivity contribution in [3.8, 4) is 5.75 Å². The van der Waals surface area contributed by atoms with Crippen LogP contribution < -0.4 is 15.8 Å². The van der Waals surface area contributed by atoms with Gasteiger partial charge in [-0.2, -0.15) is 0 Å². The Morgan fingerprint density at radius 2 is 2.00 bits per heavy atom. The lowest BCUT2D eigenvalue weighted by atomic mass is 10.1. The second-order valence-corrected chi connectivity index (χ2v) is 4.86. The van der Waals surface area contributed by atoms with Crippen molar-refractivity contribution >= 4 is 5.84 Å². The number of ether oxygens (including phenoxy) is 1. The molecule has 0 radical (unpaired) electrons. The van der Waals surface area contributed by atoms with E-state index in [1.807, 2.05) is 45.0 Å². The highest BCUT2D eigenvalue weighted by molar-refractivity contribution is 5.82. The van der Waals surface area contributed by atoms with E-state index in [9.17, 15) is 0 Å². The van der Waals surface area contributed by atoms with Crippen molar-refractivity contribution in [3.05, 3.63) is 29.8 Å². The van der Waals surface area contributed by atoms with Crippen molar-refractivity contribution in [1.29, 1.82) is 0 Å². The molecule has 0 aromatic heterocycles. The molecule has 1 aromatic rings. The van der Waals surface area contributed by atoms with Gasteiger partial charge in [-0.05, 0) is 26.0 Å². The summed E-state index contributed by atoms with van der Waals surface area (Å²) >= 11 is 0. The summed E-state index contributed by atoms with van der Waals surface area (Å²) in [7, 11) is 0. The van der Waals surface area contributed by atoms with E-state index in [0.29, 0.717) is 13.2 Å². The summed E-state index contributed by atoms with van der Waals surface area (Å²) in [5.41, 5.74) is 6.72. The molecule has 2 atom stereocenters. The zero-order chi connectivity index (χ0) is 14.3. The maximum atomic E-state index is 8.56. The van der Waals surface area contributed by atoms with E-state index in [1.54, 1.807) is 0 Å². The maximum Gasteiger partial charge on any atom is 0.143 e. The van der Waals surface area contributed by atoms with E-state index < -0.39 is 0 Å². The number of rotatable bonds is 7. The molecular weight excluding hydrogens is 242 g/mol. The molecule has 2 unspecified atom stereocenters. The zero-order valence-electron chi connectivity index (χ0n) is 11.8. The van der Waals surface area contributed by atoms with Crippen LogP contribution in [-0.2, 0) is 0 Å². The number of nitrogens with zero attached hydrogens (tertiary/aromatic N) is 1. The van der Waals surface area contributed by atoms with Crippen LogP contribution in [0.25, 0.3) is 0 Å². The van der Waals surface area contributed by atoms with Crippen LogP contribution in [0.1, 0.15) is 19.4 Å². The molecule has 19 heavy (non-hydrogen) atoms. The molecule has 5 heteroatoms. The Balaban J connectivity index is 2.28. The second kappa shape index (κ2) is 7.63. The van der Waals surface area contributed by atoms with Gasteiger partial charge in [-0.25, -0.2) is 0 Å². The lowest BCUT2D eigenvalue weighted by Gasteiger charge is -2.17. The van der Waals surface area contributed by atoms with Gasteiger partial charge >= 0.3 is 0 Å². The predicted molar refractivity (Wildman–Crippen MR) is 76.7 cm³/mol. The molecule has 4 N–H and O–H groups in total. The summed E-state index contributed by atoms with van der Waals surface area (Å²) in [5.74, 6) is 1.09. The Morgan fingerprint density at radius 3 is 2.58 bits per heavy atom. The van der Waals surface area contributed by atoms with Gasteiger partial charge in [-0.3, -0.25) is 0 Å². The molecular formula is C14H23N3O2. The smallest absolute Gasteiger partial charge is 0.143 e. The quantitative estimate of drug-likeness (QED) is 0.303. The molecule has 0 aliphatic heterocycles. The fourth-order valence-corrected chi connectivity index (χ4v) is 1.50. The van der Waals surface area contributed by atoms with E-state index in [1.165, 1.54) is 5.56 Å². The van der Waals surface area contributed by atoms with Crippen LogP contribution in [0.3, 0.4) is 0 Å². The molecule has 1 aromatic carbocycles. The van der Waals surface area contributed by atoms with Crippen LogP contribution in [0.5, 0.6) is 5.75 Å². The molecule has 0 spiro atoms. The molecule has 0 bridgehead atoms. The molecule has 0 fully saturated rings. The third-order valence-corrected chi connectivity index (χ3v) is 2.91. The summed E-state index contributed by atoms with van der Waals surface area (Å²) < 4.78 is 5.67. The van der Waals surface area contributed by atoms with Crippen molar-refractivity contribution in [1.82, 2.24) is 5.32 Å². The minimum absolute atomic E-state index is 0.00757. The second-order valence-electron chi connectivity index (χ2n) is 4.86. The van der Waals surface area contributed by atoms with Crippen LogP contribution in [0.2, 0.25) is 0 Å². The monoisotopic (exact) mass is 265 g/mol. The minimum Gasteiger partial charge on any atom is -0.492 e. The van der Waals surface area contributed by atoms with Gasteiger partial charge in [0.1, 0.15) is 18.2 Å². The summed E-state index contributed by atoms with van der Waals surface area (Å²) in [5, 5.41) is 14.8. The summed E-state index contributed by atoms with van der Waals surface area (Å²) in [6, 6.07) is 8.15. The van der Waals surface area contributed by atoms with Crippen LogP contribution in [0.15, 0.2) is 29.4 Å². The number of nitrogens with two attached hydrogens (primary N) is 1. The minimum atomic E-state index is -0.00757. The van der Waals surface area contributed by atoms with Crippen LogP contribution in [0.4, 0.5) is 0 Å². The lowest BCUT2D eigenvalue weighted by molar-refractivity contribution is 0.270. The highest BCUT2D eigenvalue weighted by atomic mass is 16.5. The molecule has 0 aliphatic rings. The average molecular weight is 265 g/mol. The van der Waals surface area contributed by atoms with E-state index in [2.05, 4.69) is 10.5 Å². The van der Waals surface area contributed by atoms with Crippen molar-refractivity contribution in [3.63, 3.8) is 0 Å². The van der Waals surface area contributed by atoms with Gasteiger partial charge in [0.25, 0.3) is 0 Å². The third-order valence-electron chi connectivity index (χ3n) is 2.91. The highest BCUT2D eigenvalue weighted by Crippen LogP contribution is 2.11. The average Bonchev–Trinajstić information content (AvgIpc) is 2.43. The van der Waals surface area contributed by atoms with Gasteiger partial charge in [-0.15, -0.1) is 0 Å². The van der Waals surface area contributed by atoms with Gasteiger partial charge in [0.2, 0.25) is 0 Å². The van der Waals surface area contributed by atoms with E-state index in [4.69, 9.17) is 15.7 Å². The fourth-order valence-electron chi connectivity index (χ4n) is 1.50. The number of oxime groups is 1. The Morgan fingerprint density at radius 1 is 1.37 bits per heavy atom.